The van der Waals surface area contributed by atoms with Gasteiger partial charge in [0.2, 0.25) is 5.96 Å². The second kappa shape index (κ2) is 8.01. The topological polar surface area (TPSA) is 76.1 Å². The lowest BCUT2D eigenvalue weighted by molar-refractivity contribution is -0.137. The van der Waals surface area contributed by atoms with E-state index in [9.17, 15) is 13.2 Å². The molecule has 1 aromatic rings. The molecular formula is C15H19ClF3N5O. The molecule has 10 heteroatoms. The molecule has 138 valence electrons. The third-order valence-electron chi connectivity index (χ3n) is 3.48. The number of pyridine rings is 1. The highest BCUT2D eigenvalue weighted by molar-refractivity contribution is 6.21. The fraction of sp³-hybridized carbons (Fsp3) is 0.533. The molecule has 0 aliphatic carbocycles. The first-order valence-corrected chi connectivity index (χ1v) is 8.05. The van der Waals surface area contributed by atoms with Gasteiger partial charge in [-0.3, -0.25) is 0 Å². The Morgan fingerprint density at radius 2 is 2.04 bits per heavy atom. The highest BCUT2D eigenvalue weighted by atomic mass is 35.5. The molecular weight excluding hydrogens is 359 g/mol. The number of aliphatic imine (C=N–C) groups is 2. The first kappa shape index (κ1) is 19.5. The average Bonchev–Trinajstić information content (AvgIpc) is 2.53. The molecule has 0 amide bonds. The largest absolute Gasteiger partial charge is 0.417 e. The number of guanidine groups is 1. The summed E-state index contributed by atoms with van der Waals surface area (Å²) < 4.78 is 45.1. The molecule has 1 atom stereocenters. The fourth-order valence-corrected chi connectivity index (χ4v) is 2.40. The molecule has 1 aromatic heterocycles. The second-order valence-corrected chi connectivity index (χ2v) is 6.08. The van der Waals surface area contributed by atoms with Gasteiger partial charge in [0.15, 0.2) is 0 Å². The monoisotopic (exact) mass is 377 g/mol. The number of aromatic nitrogens is 1. The molecule has 1 aliphatic rings. The smallest absolute Gasteiger partial charge is 0.384 e. The van der Waals surface area contributed by atoms with Gasteiger partial charge >= 0.3 is 6.18 Å². The predicted octanol–water partition coefficient (Wildman–Crippen LogP) is 2.76. The van der Waals surface area contributed by atoms with Crippen LogP contribution in [0.5, 0.6) is 0 Å². The Labute approximate surface area is 148 Å². The number of alkyl halides is 4. The van der Waals surface area contributed by atoms with Gasteiger partial charge in [-0.15, -0.1) is 0 Å². The normalized spacial score (nSPS) is 18.4. The van der Waals surface area contributed by atoms with E-state index in [0.29, 0.717) is 26.3 Å². The summed E-state index contributed by atoms with van der Waals surface area (Å²) in [6.45, 7) is 5.16. The SMILES string of the molecule is CC(=NC(=NC(C)Cl)N1CCOCC1)c1cnc(N)cc1C(F)(F)F. The highest BCUT2D eigenvalue weighted by Crippen LogP contribution is 2.33. The van der Waals surface area contributed by atoms with Crippen molar-refractivity contribution in [1.29, 1.82) is 0 Å². The van der Waals surface area contributed by atoms with Crippen LogP contribution >= 0.6 is 11.6 Å². The maximum atomic E-state index is 13.3. The minimum Gasteiger partial charge on any atom is -0.384 e. The number of ether oxygens (including phenoxy) is 1. The molecule has 2 heterocycles. The van der Waals surface area contributed by atoms with Crippen LogP contribution in [-0.2, 0) is 10.9 Å². The van der Waals surface area contributed by atoms with E-state index in [2.05, 4.69) is 15.0 Å². The van der Waals surface area contributed by atoms with Crippen molar-refractivity contribution in [2.45, 2.75) is 25.5 Å². The van der Waals surface area contributed by atoms with E-state index in [1.807, 2.05) is 4.90 Å². The van der Waals surface area contributed by atoms with Gasteiger partial charge in [0.1, 0.15) is 11.3 Å². The lowest BCUT2D eigenvalue weighted by atomic mass is 10.1. The van der Waals surface area contributed by atoms with Crippen LogP contribution in [-0.4, -0.2) is 53.4 Å². The van der Waals surface area contributed by atoms with Crippen LogP contribution in [0.2, 0.25) is 0 Å². The third-order valence-corrected chi connectivity index (χ3v) is 3.57. The lowest BCUT2D eigenvalue weighted by Crippen LogP contribution is -2.40. The summed E-state index contributed by atoms with van der Waals surface area (Å²) in [7, 11) is 0. The Bertz CT molecular complexity index is 670. The molecule has 1 fully saturated rings. The maximum absolute atomic E-state index is 13.3. The first-order chi connectivity index (χ1) is 11.7. The summed E-state index contributed by atoms with van der Waals surface area (Å²) in [6.07, 6.45) is -3.50. The number of hydrogen-bond donors (Lipinski definition) is 1. The van der Waals surface area contributed by atoms with E-state index < -0.39 is 17.2 Å². The summed E-state index contributed by atoms with van der Waals surface area (Å²) in [5.41, 5.74) is 3.92. The van der Waals surface area contributed by atoms with Gasteiger partial charge in [0.25, 0.3) is 0 Å². The zero-order valence-corrected chi connectivity index (χ0v) is 14.6. The fourth-order valence-electron chi connectivity index (χ4n) is 2.31. The molecule has 0 spiro atoms. The number of morpholine rings is 1. The highest BCUT2D eigenvalue weighted by Gasteiger charge is 2.34. The summed E-state index contributed by atoms with van der Waals surface area (Å²) in [4.78, 5) is 14.1. The Hall–Kier alpha value is -1.87. The van der Waals surface area contributed by atoms with Crippen LogP contribution in [0.1, 0.15) is 25.0 Å². The summed E-state index contributed by atoms with van der Waals surface area (Å²) in [6, 6.07) is 0.796. The number of nitrogens with zero attached hydrogens (tertiary/aromatic N) is 4. The van der Waals surface area contributed by atoms with E-state index >= 15 is 0 Å². The molecule has 1 saturated heterocycles. The molecule has 1 unspecified atom stereocenters. The number of nitrogens with two attached hydrogens (primary N) is 1. The molecule has 0 radical (unpaired) electrons. The van der Waals surface area contributed by atoms with Gasteiger partial charge < -0.3 is 15.4 Å². The van der Waals surface area contributed by atoms with E-state index in [1.54, 1.807) is 6.92 Å². The van der Waals surface area contributed by atoms with Gasteiger partial charge in [0.05, 0.1) is 24.5 Å². The minimum atomic E-state index is -4.57. The van der Waals surface area contributed by atoms with Crippen LogP contribution in [0, 0.1) is 0 Å². The molecule has 2 rings (SSSR count). The van der Waals surface area contributed by atoms with Gasteiger partial charge in [-0.05, 0) is 19.9 Å². The third kappa shape index (κ3) is 5.30. The Morgan fingerprint density at radius 3 is 2.60 bits per heavy atom. The van der Waals surface area contributed by atoms with Gasteiger partial charge in [-0.2, -0.15) is 13.2 Å². The van der Waals surface area contributed by atoms with Crippen molar-refractivity contribution in [3.63, 3.8) is 0 Å². The van der Waals surface area contributed by atoms with Gasteiger partial charge in [0, 0.05) is 24.8 Å². The van der Waals surface area contributed by atoms with Crippen LogP contribution in [0.3, 0.4) is 0 Å². The molecule has 0 bridgehead atoms. The number of hydrogen-bond acceptors (Lipinski definition) is 4. The Balaban J connectivity index is 2.44. The van der Waals surface area contributed by atoms with E-state index in [4.69, 9.17) is 22.1 Å². The number of nitrogen functional groups attached to an aromatic ring is 1. The second-order valence-electron chi connectivity index (χ2n) is 5.45. The summed E-state index contributed by atoms with van der Waals surface area (Å²) in [5, 5.41) is 0. The van der Waals surface area contributed by atoms with E-state index in [1.165, 1.54) is 6.92 Å². The molecule has 6 nitrogen and oxygen atoms in total. The van der Waals surface area contributed by atoms with Crippen LogP contribution in [0.15, 0.2) is 22.2 Å². The molecule has 1 aliphatic heterocycles. The average molecular weight is 378 g/mol. The zero-order valence-electron chi connectivity index (χ0n) is 13.8. The first-order valence-electron chi connectivity index (χ1n) is 7.61. The van der Waals surface area contributed by atoms with Gasteiger partial charge in [-0.25, -0.2) is 15.0 Å². The standard InChI is InChI=1S/C15H19ClF3N5O/c1-9(11-8-21-13(20)7-12(11)15(17,18)19)22-14(23-10(2)16)24-3-5-25-6-4-24/h7-8,10H,3-6H2,1-2H3,(H2,20,21). The van der Waals surface area contributed by atoms with E-state index in [0.717, 1.165) is 12.3 Å². The molecule has 0 saturated carbocycles. The maximum Gasteiger partial charge on any atom is 0.417 e. The minimum absolute atomic E-state index is 0.127. The molecule has 0 aromatic carbocycles. The van der Waals surface area contributed by atoms with Crippen molar-refractivity contribution in [3.05, 3.63) is 23.4 Å². The number of rotatable bonds is 2. The van der Waals surface area contributed by atoms with Crippen LogP contribution in [0.25, 0.3) is 0 Å². The summed E-state index contributed by atoms with van der Waals surface area (Å²) in [5.74, 6) is 0.0635. The van der Waals surface area contributed by atoms with Crippen molar-refractivity contribution in [2.24, 2.45) is 9.98 Å². The zero-order chi connectivity index (χ0) is 18.6. The van der Waals surface area contributed by atoms with Crippen molar-refractivity contribution in [1.82, 2.24) is 9.88 Å². The quantitative estimate of drug-likeness (QED) is 0.372. The predicted molar refractivity (Wildman–Crippen MR) is 91.0 cm³/mol. The number of anilines is 1. The molecule has 25 heavy (non-hydrogen) atoms. The Morgan fingerprint density at radius 1 is 1.40 bits per heavy atom. The molecule has 2 N–H and O–H groups in total. The number of halogens is 4. The lowest BCUT2D eigenvalue weighted by Gasteiger charge is -2.28. The van der Waals surface area contributed by atoms with Gasteiger partial charge in [-0.1, -0.05) is 11.6 Å². The van der Waals surface area contributed by atoms with Crippen LogP contribution in [0.4, 0.5) is 19.0 Å². The van der Waals surface area contributed by atoms with Crippen LogP contribution < -0.4 is 5.73 Å². The summed E-state index contributed by atoms with van der Waals surface area (Å²) >= 11 is 5.92. The van der Waals surface area contributed by atoms with Crippen molar-refractivity contribution >= 4 is 29.1 Å². The van der Waals surface area contributed by atoms with E-state index in [-0.39, 0.29) is 23.1 Å². The van der Waals surface area contributed by atoms with Crippen molar-refractivity contribution in [2.75, 3.05) is 32.0 Å². The Kier molecular flexibility index (Phi) is 6.23. The van der Waals surface area contributed by atoms with Crippen molar-refractivity contribution < 1.29 is 17.9 Å². The van der Waals surface area contributed by atoms with Crippen molar-refractivity contribution in [3.8, 4) is 0 Å².